The minimum atomic E-state index is -1.17. The maximum absolute atomic E-state index is 12.0. The SMILES string of the molecule is CCC(NC(=O)c1cnc(C(=O)O)cn1)C1CCCO1. The van der Waals surface area contributed by atoms with E-state index in [1.165, 1.54) is 6.20 Å². The third-order valence-corrected chi connectivity index (χ3v) is 3.27. The molecular weight excluding hydrogens is 262 g/mol. The van der Waals surface area contributed by atoms with E-state index in [0.29, 0.717) is 0 Å². The average Bonchev–Trinajstić information content (AvgIpc) is 2.98. The van der Waals surface area contributed by atoms with E-state index in [4.69, 9.17) is 9.84 Å². The lowest BCUT2D eigenvalue weighted by atomic mass is 10.1. The van der Waals surface area contributed by atoms with Gasteiger partial charge in [0.15, 0.2) is 5.69 Å². The summed E-state index contributed by atoms with van der Waals surface area (Å²) < 4.78 is 5.56. The Labute approximate surface area is 116 Å². The molecule has 0 aliphatic carbocycles. The van der Waals surface area contributed by atoms with Crippen LogP contribution in [0, 0.1) is 0 Å². The molecule has 0 spiro atoms. The van der Waals surface area contributed by atoms with Gasteiger partial charge >= 0.3 is 5.97 Å². The molecule has 108 valence electrons. The van der Waals surface area contributed by atoms with Gasteiger partial charge in [0.2, 0.25) is 0 Å². The lowest BCUT2D eigenvalue weighted by molar-refractivity contribution is 0.0660. The number of amides is 1. The maximum Gasteiger partial charge on any atom is 0.356 e. The highest BCUT2D eigenvalue weighted by Gasteiger charge is 2.26. The van der Waals surface area contributed by atoms with Crippen LogP contribution in [0.3, 0.4) is 0 Å². The fourth-order valence-electron chi connectivity index (χ4n) is 2.18. The summed E-state index contributed by atoms with van der Waals surface area (Å²) in [5.41, 5.74) is -0.0841. The number of nitrogens with zero attached hydrogens (tertiary/aromatic N) is 2. The van der Waals surface area contributed by atoms with Crippen LogP contribution in [-0.4, -0.2) is 45.7 Å². The topological polar surface area (TPSA) is 101 Å². The van der Waals surface area contributed by atoms with E-state index in [2.05, 4.69) is 15.3 Å². The lowest BCUT2D eigenvalue weighted by Crippen LogP contribution is -2.43. The minimum Gasteiger partial charge on any atom is -0.476 e. The van der Waals surface area contributed by atoms with Gasteiger partial charge in [0.1, 0.15) is 5.69 Å². The summed E-state index contributed by atoms with van der Waals surface area (Å²) in [6.45, 7) is 2.70. The van der Waals surface area contributed by atoms with Crippen molar-refractivity contribution in [2.75, 3.05) is 6.61 Å². The summed E-state index contributed by atoms with van der Waals surface area (Å²) in [4.78, 5) is 30.2. The van der Waals surface area contributed by atoms with Gasteiger partial charge in [0, 0.05) is 6.61 Å². The third-order valence-electron chi connectivity index (χ3n) is 3.27. The van der Waals surface area contributed by atoms with Gasteiger partial charge in [-0.1, -0.05) is 6.92 Å². The van der Waals surface area contributed by atoms with Crippen LogP contribution in [0.4, 0.5) is 0 Å². The number of carbonyl (C=O) groups excluding carboxylic acids is 1. The van der Waals surface area contributed by atoms with Crippen LogP contribution in [0.1, 0.15) is 47.2 Å². The highest BCUT2D eigenvalue weighted by Crippen LogP contribution is 2.17. The Balaban J connectivity index is 2.00. The van der Waals surface area contributed by atoms with Crippen molar-refractivity contribution in [3.05, 3.63) is 23.8 Å². The van der Waals surface area contributed by atoms with Gasteiger partial charge in [-0.2, -0.15) is 0 Å². The van der Waals surface area contributed by atoms with Crippen molar-refractivity contribution in [3.8, 4) is 0 Å². The third kappa shape index (κ3) is 3.30. The second-order valence-electron chi connectivity index (χ2n) is 4.63. The number of ether oxygens (including phenoxy) is 1. The Hall–Kier alpha value is -2.02. The summed E-state index contributed by atoms with van der Waals surface area (Å²) >= 11 is 0. The van der Waals surface area contributed by atoms with E-state index in [1.807, 2.05) is 6.92 Å². The first kappa shape index (κ1) is 14.4. The molecule has 2 rings (SSSR count). The predicted octanol–water partition coefficient (Wildman–Crippen LogP) is 0.862. The number of aromatic carboxylic acids is 1. The number of hydrogen-bond donors (Lipinski definition) is 2. The van der Waals surface area contributed by atoms with Crippen LogP contribution in [-0.2, 0) is 4.74 Å². The van der Waals surface area contributed by atoms with Crippen LogP contribution in [0.25, 0.3) is 0 Å². The number of carboxylic acids is 1. The number of carbonyl (C=O) groups is 2. The fourth-order valence-corrected chi connectivity index (χ4v) is 2.18. The largest absolute Gasteiger partial charge is 0.476 e. The van der Waals surface area contributed by atoms with Crippen LogP contribution >= 0.6 is 0 Å². The molecule has 1 aromatic rings. The van der Waals surface area contributed by atoms with Gasteiger partial charge < -0.3 is 15.2 Å². The lowest BCUT2D eigenvalue weighted by Gasteiger charge is -2.22. The Kier molecular flexibility index (Phi) is 4.62. The molecule has 2 unspecified atom stereocenters. The Morgan fingerprint density at radius 2 is 2.15 bits per heavy atom. The normalized spacial score (nSPS) is 19.6. The summed E-state index contributed by atoms with van der Waals surface area (Å²) in [5, 5.41) is 11.6. The molecule has 1 aromatic heterocycles. The maximum atomic E-state index is 12.0. The van der Waals surface area contributed by atoms with Crippen LogP contribution in [0.15, 0.2) is 12.4 Å². The second kappa shape index (κ2) is 6.42. The molecule has 1 saturated heterocycles. The quantitative estimate of drug-likeness (QED) is 0.829. The Bertz CT molecular complexity index is 483. The zero-order valence-electron chi connectivity index (χ0n) is 11.2. The second-order valence-corrected chi connectivity index (χ2v) is 4.63. The molecule has 0 bridgehead atoms. The fraction of sp³-hybridized carbons (Fsp3) is 0.538. The standard InChI is InChI=1S/C13H17N3O4/c1-2-8(11-4-3-5-20-11)16-12(17)9-6-15-10(7-14-9)13(18)19/h6-8,11H,2-5H2,1H3,(H,16,17)(H,18,19). The summed E-state index contributed by atoms with van der Waals surface area (Å²) in [7, 11) is 0. The molecule has 2 N–H and O–H groups in total. The monoisotopic (exact) mass is 279 g/mol. The zero-order chi connectivity index (χ0) is 14.5. The van der Waals surface area contributed by atoms with E-state index < -0.39 is 5.97 Å². The van der Waals surface area contributed by atoms with Crippen molar-refractivity contribution < 1.29 is 19.4 Å². The van der Waals surface area contributed by atoms with Gasteiger partial charge in [-0.3, -0.25) is 4.79 Å². The number of carboxylic acid groups (broad SMARTS) is 1. The molecule has 0 saturated carbocycles. The van der Waals surface area contributed by atoms with Crippen LogP contribution in [0.2, 0.25) is 0 Å². The Morgan fingerprint density at radius 3 is 2.65 bits per heavy atom. The van der Waals surface area contributed by atoms with Crippen molar-refractivity contribution in [3.63, 3.8) is 0 Å². The first-order chi connectivity index (χ1) is 9.61. The van der Waals surface area contributed by atoms with Crippen molar-refractivity contribution in [1.82, 2.24) is 15.3 Å². The van der Waals surface area contributed by atoms with Crippen molar-refractivity contribution in [2.45, 2.75) is 38.3 Å². The molecule has 1 aliphatic rings. The van der Waals surface area contributed by atoms with E-state index in [9.17, 15) is 9.59 Å². The molecule has 0 radical (unpaired) electrons. The van der Waals surface area contributed by atoms with Gasteiger partial charge in [-0.25, -0.2) is 14.8 Å². The molecule has 1 amide bonds. The molecule has 0 aromatic carbocycles. The summed E-state index contributed by atoms with van der Waals surface area (Å²) in [6, 6.07) is -0.0639. The number of aromatic nitrogens is 2. The number of nitrogens with one attached hydrogen (secondary N) is 1. The predicted molar refractivity (Wildman–Crippen MR) is 69.5 cm³/mol. The molecular formula is C13H17N3O4. The van der Waals surface area contributed by atoms with E-state index in [1.54, 1.807) is 0 Å². The zero-order valence-corrected chi connectivity index (χ0v) is 11.2. The number of hydrogen-bond acceptors (Lipinski definition) is 5. The van der Waals surface area contributed by atoms with Gasteiger partial charge in [0.05, 0.1) is 24.5 Å². The highest BCUT2D eigenvalue weighted by molar-refractivity contribution is 5.92. The molecule has 7 nitrogen and oxygen atoms in total. The molecule has 2 atom stereocenters. The van der Waals surface area contributed by atoms with Crippen LogP contribution < -0.4 is 5.32 Å². The van der Waals surface area contributed by atoms with E-state index in [0.717, 1.165) is 32.1 Å². The van der Waals surface area contributed by atoms with E-state index >= 15 is 0 Å². The molecule has 20 heavy (non-hydrogen) atoms. The van der Waals surface area contributed by atoms with E-state index in [-0.39, 0.29) is 29.4 Å². The minimum absolute atomic E-state index is 0.0372. The van der Waals surface area contributed by atoms with Crippen LogP contribution in [0.5, 0.6) is 0 Å². The molecule has 1 aliphatic heterocycles. The Morgan fingerprint density at radius 1 is 1.45 bits per heavy atom. The van der Waals surface area contributed by atoms with Gasteiger partial charge in [-0.05, 0) is 19.3 Å². The highest BCUT2D eigenvalue weighted by atomic mass is 16.5. The molecule has 1 fully saturated rings. The first-order valence-electron chi connectivity index (χ1n) is 6.59. The van der Waals surface area contributed by atoms with Crippen molar-refractivity contribution in [1.29, 1.82) is 0 Å². The van der Waals surface area contributed by atoms with Gasteiger partial charge in [0.25, 0.3) is 5.91 Å². The smallest absolute Gasteiger partial charge is 0.356 e. The molecule has 2 heterocycles. The first-order valence-corrected chi connectivity index (χ1v) is 6.59. The summed E-state index contributed by atoms with van der Waals surface area (Å²) in [5.74, 6) is -1.54. The van der Waals surface area contributed by atoms with Crippen molar-refractivity contribution >= 4 is 11.9 Å². The van der Waals surface area contributed by atoms with Gasteiger partial charge in [-0.15, -0.1) is 0 Å². The number of rotatable bonds is 5. The molecule has 7 heteroatoms. The van der Waals surface area contributed by atoms with Crippen molar-refractivity contribution in [2.24, 2.45) is 0 Å². The summed E-state index contributed by atoms with van der Waals surface area (Å²) in [6.07, 6.45) is 4.98. The average molecular weight is 279 g/mol.